The molecular formula is C21H28FN5O2S. The Morgan fingerprint density at radius 3 is 2.77 bits per heavy atom. The Hall–Kier alpha value is -2.13. The maximum atomic E-state index is 14.7. The molecular weight excluding hydrogens is 405 g/mol. The van der Waals surface area contributed by atoms with Gasteiger partial charge in [-0.25, -0.2) is 14.2 Å². The molecule has 1 aromatic carbocycles. The molecule has 9 heteroatoms. The van der Waals surface area contributed by atoms with E-state index in [1.165, 1.54) is 6.07 Å². The number of amidine groups is 2. The van der Waals surface area contributed by atoms with Gasteiger partial charge in [0.25, 0.3) is 0 Å². The molecule has 1 atom stereocenters. The number of benzene rings is 1. The molecule has 0 aromatic heterocycles. The standard InChI is InChI=1S/C21H28FN5O2S/c1-3-23-20(28)24-16-5-4-14(12-15(16)22)19-25-17(21(30-2)6-7-21)13-18(26-19)27-8-10-29-11-9-27/h4-5,12,17H,3,6-11,13H2,1-2H3,(H2,23,24,28). The predicted molar refractivity (Wildman–Crippen MR) is 119 cm³/mol. The van der Waals surface area contributed by atoms with Crippen LogP contribution in [0.25, 0.3) is 0 Å². The number of carbonyl (C=O) groups is 1. The average Bonchev–Trinajstić information content (AvgIpc) is 3.57. The molecule has 2 fully saturated rings. The van der Waals surface area contributed by atoms with Gasteiger partial charge in [-0.05, 0) is 44.2 Å². The lowest BCUT2D eigenvalue weighted by molar-refractivity contribution is 0.0669. The van der Waals surface area contributed by atoms with Crippen LogP contribution in [0, 0.1) is 5.82 Å². The van der Waals surface area contributed by atoms with Crippen molar-refractivity contribution in [3.8, 4) is 0 Å². The molecule has 162 valence electrons. The first-order chi connectivity index (χ1) is 14.5. The number of rotatable bonds is 5. The first-order valence-corrected chi connectivity index (χ1v) is 11.6. The van der Waals surface area contributed by atoms with Crippen LogP contribution in [0.4, 0.5) is 14.9 Å². The summed E-state index contributed by atoms with van der Waals surface area (Å²) in [5, 5.41) is 5.12. The van der Waals surface area contributed by atoms with Gasteiger partial charge in [-0.15, -0.1) is 0 Å². The minimum atomic E-state index is -0.502. The smallest absolute Gasteiger partial charge is 0.319 e. The number of halogens is 1. The number of hydrogen-bond donors (Lipinski definition) is 2. The van der Waals surface area contributed by atoms with E-state index < -0.39 is 11.8 Å². The Morgan fingerprint density at radius 2 is 2.13 bits per heavy atom. The van der Waals surface area contributed by atoms with Gasteiger partial charge < -0.3 is 20.3 Å². The molecule has 7 nitrogen and oxygen atoms in total. The maximum absolute atomic E-state index is 14.7. The Bertz CT molecular complexity index is 865. The van der Waals surface area contributed by atoms with Crippen LogP contribution >= 0.6 is 11.8 Å². The van der Waals surface area contributed by atoms with Gasteiger partial charge >= 0.3 is 6.03 Å². The van der Waals surface area contributed by atoms with Crippen molar-refractivity contribution in [3.05, 3.63) is 29.6 Å². The van der Waals surface area contributed by atoms with E-state index in [1.807, 2.05) is 18.7 Å². The van der Waals surface area contributed by atoms with Crippen molar-refractivity contribution in [2.45, 2.75) is 37.0 Å². The Kier molecular flexibility index (Phi) is 6.29. The summed E-state index contributed by atoms with van der Waals surface area (Å²) in [6.07, 6.45) is 5.25. The summed E-state index contributed by atoms with van der Waals surface area (Å²) in [6.45, 7) is 5.29. The van der Waals surface area contributed by atoms with Gasteiger partial charge in [-0.1, -0.05) is 0 Å². The van der Waals surface area contributed by atoms with Crippen molar-refractivity contribution in [1.29, 1.82) is 0 Å². The summed E-state index contributed by atoms with van der Waals surface area (Å²) in [5.74, 6) is 1.08. The monoisotopic (exact) mass is 433 g/mol. The van der Waals surface area contributed by atoms with E-state index in [0.717, 1.165) is 38.2 Å². The van der Waals surface area contributed by atoms with Gasteiger partial charge in [0.2, 0.25) is 0 Å². The fourth-order valence-corrected chi connectivity index (χ4v) is 4.82. The summed E-state index contributed by atoms with van der Waals surface area (Å²) in [4.78, 5) is 23.7. The zero-order chi connectivity index (χ0) is 21.1. The molecule has 1 aliphatic carbocycles. The summed E-state index contributed by atoms with van der Waals surface area (Å²) in [7, 11) is 0. The molecule has 2 N–H and O–H groups in total. The normalized spacial score (nSPS) is 22.8. The number of anilines is 1. The van der Waals surface area contributed by atoms with Gasteiger partial charge in [0, 0.05) is 36.4 Å². The highest BCUT2D eigenvalue weighted by Crippen LogP contribution is 2.52. The Labute approximate surface area is 180 Å². The highest BCUT2D eigenvalue weighted by atomic mass is 32.2. The number of nitrogens with zero attached hydrogens (tertiary/aromatic N) is 3. The zero-order valence-corrected chi connectivity index (χ0v) is 18.2. The molecule has 1 saturated carbocycles. The SMILES string of the molecule is CCNC(=O)Nc1ccc(C2=NC(C3(SC)CC3)CC(N3CCOCC3)=N2)cc1F. The minimum absolute atomic E-state index is 0.133. The van der Waals surface area contributed by atoms with E-state index in [1.54, 1.807) is 12.1 Å². The van der Waals surface area contributed by atoms with Crippen molar-refractivity contribution >= 4 is 35.2 Å². The third-order valence-corrected chi connectivity index (χ3v) is 7.33. The molecule has 0 radical (unpaired) electrons. The second-order valence-electron chi connectivity index (χ2n) is 7.75. The molecule has 0 spiro atoms. The first-order valence-electron chi connectivity index (χ1n) is 10.4. The molecule has 2 amide bonds. The minimum Gasteiger partial charge on any atom is -0.378 e. The summed E-state index contributed by atoms with van der Waals surface area (Å²) in [5.41, 5.74) is 0.763. The third-order valence-electron chi connectivity index (χ3n) is 5.83. The lowest BCUT2D eigenvalue weighted by atomic mass is 10.0. The summed E-state index contributed by atoms with van der Waals surface area (Å²) in [6, 6.07) is 4.45. The molecule has 1 saturated heterocycles. The van der Waals surface area contributed by atoms with Crippen molar-refractivity contribution < 1.29 is 13.9 Å². The fourth-order valence-electron chi connectivity index (χ4n) is 3.91. The van der Waals surface area contributed by atoms with E-state index in [4.69, 9.17) is 14.7 Å². The number of amides is 2. The molecule has 1 aromatic rings. The average molecular weight is 434 g/mol. The first kappa shape index (κ1) is 21.1. The number of ether oxygens (including phenoxy) is 1. The molecule has 2 aliphatic heterocycles. The number of thioether (sulfide) groups is 1. The molecule has 0 bridgehead atoms. The van der Waals surface area contributed by atoms with Crippen molar-refractivity contribution in [2.24, 2.45) is 9.98 Å². The molecule has 30 heavy (non-hydrogen) atoms. The van der Waals surface area contributed by atoms with Crippen LogP contribution in [-0.4, -0.2) is 72.5 Å². The van der Waals surface area contributed by atoms with Gasteiger partial charge in [-0.2, -0.15) is 11.8 Å². The van der Waals surface area contributed by atoms with Crippen molar-refractivity contribution in [2.75, 3.05) is 44.4 Å². The van der Waals surface area contributed by atoms with Crippen molar-refractivity contribution in [3.63, 3.8) is 0 Å². The van der Waals surface area contributed by atoms with Crippen LogP contribution in [0.1, 0.15) is 31.7 Å². The Balaban J connectivity index is 1.61. The van der Waals surface area contributed by atoms with Crippen LogP contribution < -0.4 is 10.6 Å². The quantitative estimate of drug-likeness (QED) is 0.748. The van der Waals surface area contributed by atoms with E-state index in [2.05, 4.69) is 21.8 Å². The largest absolute Gasteiger partial charge is 0.378 e. The van der Waals surface area contributed by atoms with Crippen LogP contribution in [-0.2, 0) is 4.74 Å². The van der Waals surface area contributed by atoms with Gasteiger partial charge in [0.1, 0.15) is 11.7 Å². The Morgan fingerprint density at radius 1 is 1.37 bits per heavy atom. The van der Waals surface area contributed by atoms with Crippen LogP contribution in [0.3, 0.4) is 0 Å². The van der Waals surface area contributed by atoms with Crippen molar-refractivity contribution in [1.82, 2.24) is 10.2 Å². The highest BCUT2D eigenvalue weighted by molar-refractivity contribution is 8.00. The number of aliphatic imine (C=N–C) groups is 2. The van der Waals surface area contributed by atoms with E-state index in [0.29, 0.717) is 31.2 Å². The summed E-state index contributed by atoms with van der Waals surface area (Å²) < 4.78 is 20.3. The number of carbonyl (C=O) groups excluding carboxylic acids is 1. The van der Waals surface area contributed by atoms with E-state index >= 15 is 0 Å². The van der Waals surface area contributed by atoms with Crippen LogP contribution in [0.2, 0.25) is 0 Å². The predicted octanol–water partition coefficient (Wildman–Crippen LogP) is 3.11. The van der Waals surface area contributed by atoms with Crippen LogP contribution in [0.15, 0.2) is 28.2 Å². The number of nitrogens with one attached hydrogen (secondary N) is 2. The second kappa shape index (κ2) is 8.93. The molecule has 1 unspecified atom stereocenters. The van der Waals surface area contributed by atoms with Gasteiger partial charge in [0.15, 0.2) is 5.84 Å². The zero-order valence-electron chi connectivity index (χ0n) is 17.4. The molecule has 2 heterocycles. The number of urea groups is 1. The maximum Gasteiger partial charge on any atom is 0.319 e. The van der Waals surface area contributed by atoms with Gasteiger partial charge in [0.05, 0.1) is 24.9 Å². The third kappa shape index (κ3) is 4.46. The lowest BCUT2D eigenvalue weighted by Gasteiger charge is -2.34. The second-order valence-corrected chi connectivity index (χ2v) is 8.97. The number of hydrogen-bond acceptors (Lipinski definition) is 6. The molecule has 4 rings (SSSR count). The van der Waals surface area contributed by atoms with E-state index in [-0.39, 0.29) is 16.5 Å². The lowest BCUT2D eigenvalue weighted by Crippen LogP contribution is -2.45. The molecule has 3 aliphatic rings. The van der Waals surface area contributed by atoms with E-state index in [9.17, 15) is 9.18 Å². The summed E-state index contributed by atoms with van der Waals surface area (Å²) >= 11 is 1.87. The van der Waals surface area contributed by atoms with Gasteiger partial charge in [-0.3, -0.25) is 4.99 Å². The number of morpholine rings is 1. The highest BCUT2D eigenvalue weighted by Gasteiger charge is 2.50. The topological polar surface area (TPSA) is 78.3 Å². The fraction of sp³-hybridized carbons (Fsp3) is 0.571. The van der Waals surface area contributed by atoms with Crippen LogP contribution in [0.5, 0.6) is 0 Å².